The van der Waals surface area contributed by atoms with Crippen LogP contribution in [-0.4, -0.2) is 38.2 Å². The molecule has 0 radical (unpaired) electrons. The van der Waals surface area contributed by atoms with Gasteiger partial charge in [0, 0.05) is 6.04 Å². The summed E-state index contributed by atoms with van der Waals surface area (Å²) in [6.45, 7) is 4.73. The largest absolute Gasteiger partial charge is 0.351 e. The Balaban J connectivity index is 2.18. The summed E-state index contributed by atoms with van der Waals surface area (Å²) in [5.41, 5.74) is 0. The minimum Gasteiger partial charge on any atom is -0.351 e. The van der Waals surface area contributed by atoms with Crippen molar-refractivity contribution in [2.45, 2.75) is 32.9 Å². The molecule has 1 heterocycles. The Morgan fingerprint density at radius 2 is 2.44 bits per heavy atom. The molecule has 0 saturated heterocycles. The van der Waals surface area contributed by atoms with Crippen molar-refractivity contribution in [3.05, 3.63) is 12.7 Å². The molecule has 1 atom stereocenters. The molecule has 1 rings (SSSR count). The Hall–Kier alpha value is -1.04. The van der Waals surface area contributed by atoms with Gasteiger partial charge in [0.15, 0.2) is 0 Å². The van der Waals surface area contributed by atoms with E-state index in [4.69, 9.17) is 0 Å². The summed E-state index contributed by atoms with van der Waals surface area (Å²) in [4.78, 5) is 15.3. The highest BCUT2D eigenvalue weighted by atomic mass is 32.2. The molecule has 0 bridgehead atoms. The van der Waals surface area contributed by atoms with Crippen LogP contribution in [0.4, 0.5) is 0 Å². The van der Waals surface area contributed by atoms with Crippen LogP contribution in [0.15, 0.2) is 12.7 Å². The van der Waals surface area contributed by atoms with E-state index in [9.17, 15) is 4.79 Å². The lowest BCUT2D eigenvalue weighted by atomic mass is 10.3. The maximum Gasteiger partial charge on any atom is 0.230 e. The Bertz CT molecular complexity index is 302. The van der Waals surface area contributed by atoms with E-state index in [1.807, 2.05) is 6.92 Å². The topological polar surface area (TPSA) is 59.8 Å². The second kappa shape index (κ2) is 7.27. The number of thioether (sulfide) groups is 1. The van der Waals surface area contributed by atoms with Gasteiger partial charge in [0.25, 0.3) is 0 Å². The Morgan fingerprint density at radius 3 is 3.06 bits per heavy atom. The van der Waals surface area contributed by atoms with E-state index >= 15 is 0 Å². The highest BCUT2D eigenvalue weighted by Gasteiger charge is 2.07. The highest BCUT2D eigenvalue weighted by Crippen LogP contribution is 2.01. The second-order valence-corrected chi connectivity index (χ2v) is 4.74. The van der Waals surface area contributed by atoms with Crippen molar-refractivity contribution in [2.24, 2.45) is 0 Å². The van der Waals surface area contributed by atoms with E-state index in [0.717, 1.165) is 12.2 Å². The smallest absolute Gasteiger partial charge is 0.230 e. The van der Waals surface area contributed by atoms with Gasteiger partial charge >= 0.3 is 0 Å². The van der Waals surface area contributed by atoms with Crippen LogP contribution >= 0.6 is 11.8 Å². The fraction of sp³-hybridized carbons (Fsp3) is 0.700. The minimum atomic E-state index is 0.0800. The van der Waals surface area contributed by atoms with Crippen molar-refractivity contribution in [1.29, 1.82) is 0 Å². The Kier molecular flexibility index (Phi) is 5.92. The van der Waals surface area contributed by atoms with Crippen LogP contribution in [0, 0.1) is 0 Å². The lowest BCUT2D eigenvalue weighted by Crippen LogP contribution is -2.36. The fourth-order valence-electron chi connectivity index (χ4n) is 1.28. The number of carbonyl (C=O) groups is 1. The predicted octanol–water partition coefficient (Wildman–Crippen LogP) is 0.926. The molecule has 0 aliphatic carbocycles. The predicted molar refractivity (Wildman–Crippen MR) is 65.2 cm³/mol. The standard InChI is InChI=1S/C10H18N4OS/c1-3-4-16-6-10(15)13-9(2)5-14-8-11-7-12-14/h7-9H,3-6H2,1-2H3,(H,13,15)/t9-/m0/s1. The molecular formula is C10H18N4OS. The normalized spacial score (nSPS) is 12.4. The summed E-state index contributed by atoms with van der Waals surface area (Å²) in [5.74, 6) is 1.66. The molecule has 6 heteroatoms. The second-order valence-electron chi connectivity index (χ2n) is 3.64. The van der Waals surface area contributed by atoms with Crippen molar-refractivity contribution in [2.75, 3.05) is 11.5 Å². The van der Waals surface area contributed by atoms with Crippen molar-refractivity contribution in [3.8, 4) is 0 Å². The Labute approximate surface area is 100 Å². The van der Waals surface area contributed by atoms with E-state index in [-0.39, 0.29) is 11.9 Å². The lowest BCUT2D eigenvalue weighted by molar-refractivity contribution is -0.119. The van der Waals surface area contributed by atoms with Crippen LogP contribution < -0.4 is 5.32 Å². The summed E-state index contributed by atoms with van der Waals surface area (Å²) in [7, 11) is 0. The number of nitrogens with one attached hydrogen (secondary N) is 1. The molecule has 0 spiro atoms. The molecule has 0 unspecified atom stereocenters. The van der Waals surface area contributed by atoms with Crippen LogP contribution in [0.3, 0.4) is 0 Å². The van der Waals surface area contributed by atoms with Crippen LogP contribution in [0.1, 0.15) is 20.3 Å². The maximum atomic E-state index is 11.5. The molecule has 16 heavy (non-hydrogen) atoms. The van der Waals surface area contributed by atoms with Crippen LogP contribution in [0.25, 0.3) is 0 Å². The molecule has 0 fully saturated rings. The van der Waals surface area contributed by atoms with Gasteiger partial charge in [-0.25, -0.2) is 4.98 Å². The number of rotatable bonds is 7. The Morgan fingerprint density at radius 1 is 1.62 bits per heavy atom. The molecule has 1 aromatic heterocycles. The maximum absolute atomic E-state index is 11.5. The number of amides is 1. The van der Waals surface area contributed by atoms with Crippen molar-refractivity contribution in [3.63, 3.8) is 0 Å². The van der Waals surface area contributed by atoms with Gasteiger partial charge in [-0.05, 0) is 19.1 Å². The number of hydrogen-bond donors (Lipinski definition) is 1. The monoisotopic (exact) mass is 242 g/mol. The first kappa shape index (κ1) is 13.0. The SMILES string of the molecule is CCCSCC(=O)N[C@@H](C)Cn1cncn1. The molecule has 0 aliphatic rings. The van der Waals surface area contributed by atoms with Crippen LogP contribution in [-0.2, 0) is 11.3 Å². The fourth-order valence-corrected chi connectivity index (χ4v) is 1.98. The number of nitrogens with zero attached hydrogens (tertiary/aromatic N) is 3. The van der Waals surface area contributed by atoms with E-state index in [0.29, 0.717) is 12.3 Å². The lowest BCUT2D eigenvalue weighted by Gasteiger charge is -2.13. The summed E-state index contributed by atoms with van der Waals surface area (Å²) in [5, 5.41) is 6.92. The van der Waals surface area contributed by atoms with Gasteiger partial charge in [-0.2, -0.15) is 16.9 Å². The molecule has 0 aliphatic heterocycles. The molecular weight excluding hydrogens is 224 g/mol. The van der Waals surface area contributed by atoms with Gasteiger partial charge in [0.1, 0.15) is 12.7 Å². The molecule has 90 valence electrons. The first-order valence-electron chi connectivity index (χ1n) is 5.42. The number of carbonyl (C=O) groups excluding carboxylic acids is 1. The van der Waals surface area contributed by atoms with E-state index in [1.165, 1.54) is 6.33 Å². The van der Waals surface area contributed by atoms with Crippen LogP contribution in [0.5, 0.6) is 0 Å². The average Bonchev–Trinajstić information content (AvgIpc) is 2.70. The van der Waals surface area contributed by atoms with Crippen molar-refractivity contribution in [1.82, 2.24) is 20.1 Å². The average molecular weight is 242 g/mol. The first-order chi connectivity index (χ1) is 7.72. The molecule has 0 saturated carbocycles. The summed E-state index contributed by atoms with van der Waals surface area (Å²) in [6, 6.07) is 0.0800. The summed E-state index contributed by atoms with van der Waals surface area (Å²) in [6.07, 6.45) is 4.24. The summed E-state index contributed by atoms with van der Waals surface area (Å²) < 4.78 is 1.71. The van der Waals surface area contributed by atoms with E-state index < -0.39 is 0 Å². The highest BCUT2D eigenvalue weighted by molar-refractivity contribution is 7.99. The zero-order chi connectivity index (χ0) is 11.8. The van der Waals surface area contributed by atoms with E-state index in [2.05, 4.69) is 22.3 Å². The molecule has 1 aromatic rings. The molecule has 5 nitrogen and oxygen atoms in total. The van der Waals surface area contributed by atoms with Crippen molar-refractivity contribution < 1.29 is 4.79 Å². The number of hydrogen-bond acceptors (Lipinski definition) is 4. The van der Waals surface area contributed by atoms with E-state index in [1.54, 1.807) is 22.8 Å². The van der Waals surface area contributed by atoms with Crippen LogP contribution in [0.2, 0.25) is 0 Å². The van der Waals surface area contributed by atoms with Gasteiger partial charge in [0.2, 0.25) is 5.91 Å². The van der Waals surface area contributed by atoms with Crippen molar-refractivity contribution >= 4 is 17.7 Å². The third-order valence-corrected chi connectivity index (χ3v) is 3.08. The first-order valence-corrected chi connectivity index (χ1v) is 6.57. The van der Waals surface area contributed by atoms with Gasteiger partial charge in [-0.3, -0.25) is 9.48 Å². The number of aromatic nitrogens is 3. The minimum absolute atomic E-state index is 0.0800. The van der Waals surface area contributed by atoms with Gasteiger partial charge in [0.05, 0.1) is 12.3 Å². The van der Waals surface area contributed by atoms with Gasteiger partial charge in [-0.1, -0.05) is 6.92 Å². The zero-order valence-electron chi connectivity index (χ0n) is 9.72. The molecule has 1 N–H and O–H groups in total. The van der Waals surface area contributed by atoms with Gasteiger partial charge in [-0.15, -0.1) is 0 Å². The summed E-state index contributed by atoms with van der Waals surface area (Å²) >= 11 is 1.66. The van der Waals surface area contributed by atoms with Gasteiger partial charge < -0.3 is 5.32 Å². The molecule has 0 aromatic carbocycles. The quantitative estimate of drug-likeness (QED) is 0.723. The third-order valence-electron chi connectivity index (χ3n) is 1.92. The zero-order valence-corrected chi connectivity index (χ0v) is 10.5. The molecule has 1 amide bonds. The third kappa shape index (κ3) is 5.16.